The Labute approximate surface area is 115 Å². The van der Waals surface area contributed by atoms with Gasteiger partial charge >= 0.3 is 0 Å². The van der Waals surface area contributed by atoms with Gasteiger partial charge in [0, 0.05) is 33.6 Å². The lowest BCUT2D eigenvalue weighted by atomic mass is 9.83. The molecule has 2 aromatic carbocycles. The molecule has 0 fully saturated rings. The zero-order chi connectivity index (χ0) is 14.4. The Bertz CT molecular complexity index is 751. The molecule has 2 aromatic rings. The Kier molecular flexibility index (Phi) is 2.59. The molecule has 0 spiro atoms. The predicted molar refractivity (Wildman–Crippen MR) is 75.9 cm³/mol. The minimum atomic E-state index is -0.265. The zero-order valence-electron chi connectivity index (χ0n) is 10.7. The van der Waals surface area contributed by atoms with Crippen molar-refractivity contribution in [2.45, 2.75) is 0 Å². The average molecular weight is 267 g/mol. The fourth-order valence-corrected chi connectivity index (χ4v) is 2.35. The summed E-state index contributed by atoms with van der Waals surface area (Å²) in [4.78, 5) is 24.8. The molecule has 0 saturated carbocycles. The normalized spacial score (nSPS) is 12.9. The molecule has 0 amide bonds. The van der Waals surface area contributed by atoms with Crippen molar-refractivity contribution in [2.75, 3.05) is 17.8 Å². The van der Waals surface area contributed by atoms with E-state index in [2.05, 4.69) is 0 Å². The summed E-state index contributed by atoms with van der Waals surface area (Å²) >= 11 is 0. The molecule has 2 N–H and O–H groups in total. The van der Waals surface area contributed by atoms with E-state index < -0.39 is 0 Å². The molecule has 5 nitrogen and oxygen atoms in total. The molecule has 0 heterocycles. The summed E-state index contributed by atoms with van der Waals surface area (Å²) in [6, 6.07) is 9.10. The molecule has 3 rings (SSSR count). The van der Waals surface area contributed by atoms with Gasteiger partial charge in [-0.25, -0.2) is 0 Å². The van der Waals surface area contributed by atoms with Crippen LogP contribution in [0, 0.1) is 5.21 Å². The van der Waals surface area contributed by atoms with Crippen LogP contribution in [0.25, 0.3) is 0 Å². The van der Waals surface area contributed by atoms with Crippen LogP contribution in [-0.2, 0) is 0 Å². The van der Waals surface area contributed by atoms with E-state index >= 15 is 0 Å². The lowest BCUT2D eigenvalue weighted by molar-refractivity contribution is 0.0979. The minimum absolute atomic E-state index is 0.248. The molecule has 0 atom stereocenters. The molecule has 1 aliphatic carbocycles. The number of rotatable bonds is 1. The molecule has 5 heteroatoms. The van der Waals surface area contributed by atoms with Gasteiger partial charge in [0.1, 0.15) is 0 Å². The molecular weight excluding hydrogens is 256 g/mol. The molecule has 20 heavy (non-hydrogen) atoms. The lowest BCUT2D eigenvalue weighted by Crippen LogP contribution is -2.21. The molecular formula is C15H11N2O3-. The van der Waals surface area contributed by atoms with Crippen LogP contribution in [0.5, 0.6) is 0 Å². The number of carbonyl (C=O) groups is 2. The third kappa shape index (κ3) is 1.68. The first kappa shape index (κ1) is 12.4. The molecule has 0 saturated heterocycles. The summed E-state index contributed by atoms with van der Waals surface area (Å²) in [6.45, 7) is 0. The van der Waals surface area contributed by atoms with E-state index in [9.17, 15) is 14.8 Å². The Morgan fingerprint density at radius 1 is 0.900 bits per heavy atom. The number of nitrogen functional groups attached to an aromatic ring is 1. The smallest absolute Gasteiger partial charge is 0.194 e. The van der Waals surface area contributed by atoms with Gasteiger partial charge in [0.25, 0.3) is 0 Å². The molecule has 100 valence electrons. The van der Waals surface area contributed by atoms with Gasteiger partial charge in [0.15, 0.2) is 11.6 Å². The standard InChI is InChI=1S/C15H11N2O3/c1-17(20)9-3-5-11-13(7-9)15(19)10-4-2-8(16)6-12(10)14(11)18/h2-7H,16H2,1H3/q-1. The van der Waals surface area contributed by atoms with Gasteiger partial charge in [-0.15, -0.1) is 0 Å². The second-order valence-electron chi connectivity index (χ2n) is 4.69. The number of carbonyl (C=O) groups excluding carboxylic acids is 2. The van der Waals surface area contributed by atoms with Crippen LogP contribution >= 0.6 is 0 Å². The van der Waals surface area contributed by atoms with E-state index in [-0.39, 0.29) is 17.1 Å². The number of anilines is 2. The Hall–Kier alpha value is -2.66. The first-order valence-electron chi connectivity index (χ1n) is 6.03. The van der Waals surface area contributed by atoms with Gasteiger partial charge in [-0.05, 0) is 43.4 Å². The van der Waals surface area contributed by atoms with E-state index in [1.54, 1.807) is 12.1 Å². The molecule has 0 bridgehead atoms. The van der Waals surface area contributed by atoms with Gasteiger partial charge in [-0.2, -0.15) is 0 Å². The van der Waals surface area contributed by atoms with Crippen LogP contribution in [0.1, 0.15) is 31.8 Å². The van der Waals surface area contributed by atoms with E-state index in [0.29, 0.717) is 33.1 Å². The van der Waals surface area contributed by atoms with Gasteiger partial charge in [-0.3, -0.25) is 9.59 Å². The number of fused-ring (bicyclic) bond motifs is 2. The second-order valence-corrected chi connectivity index (χ2v) is 4.69. The quantitative estimate of drug-likeness (QED) is 0.538. The van der Waals surface area contributed by atoms with Crippen molar-refractivity contribution in [1.82, 2.24) is 0 Å². The number of nitrogens with zero attached hydrogens (tertiary/aromatic N) is 1. The van der Waals surface area contributed by atoms with Gasteiger partial charge < -0.3 is 16.0 Å². The number of hydrogen-bond donors (Lipinski definition) is 1. The van der Waals surface area contributed by atoms with Gasteiger partial charge in [0.05, 0.1) is 0 Å². The molecule has 0 unspecified atom stereocenters. The van der Waals surface area contributed by atoms with Crippen molar-refractivity contribution in [3.8, 4) is 0 Å². The summed E-state index contributed by atoms with van der Waals surface area (Å²) in [5.41, 5.74) is 7.63. The van der Waals surface area contributed by atoms with Crippen LogP contribution in [0.4, 0.5) is 11.4 Å². The summed E-state index contributed by atoms with van der Waals surface area (Å²) in [6.07, 6.45) is 0. The largest absolute Gasteiger partial charge is 0.758 e. The molecule has 1 aliphatic rings. The summed E-state index contributed by atoms with van der Waals surface area (Å²) in [5.74, 6) is -0.514. The van der Waals surface area contributed by atoms with E-state index in [1.807, 2.05) is 0 Å². The maximum atomic E-state index is 12.4. The SMILES string of the molecule is CN([O-])c1ccc2c(c1)C(=O)c1ccc(N)cc1C2=O. The van der Waals surface area contributed by atoms with Crippen LogP contribution in [0.15, 0.2) is 36.4 Å². The van der Waals surface area contributed by atoms with Crippen molar-refractivity contribution < 1.29 is 9.59 Å². The number of nitrogens with two attached hydrogens (primary N) is 1. The highest BCUT2D eigenvalue weighted by Gasteiger charge is 2.29. The van der Waals surface area contributed by atoms with Crippen molar-refractivity contribution in [2.24, 2.45) is 0 Å². The summed E-state index contributed by atoms with van der Waals surface area (Å²) in [5, 5.41) is 12.0. The fourth-order valence-electron chi connectivity index (χ4n) is 2.35. The van der Waals surface area contributed by atoms with Crippen molar-refractivity contribution in [1.29, 1.82) is 0 Å². The van der Waals surface area contributed by atoms with Crippen molar-refractivity contribution >= 4 is 22.9 Å². The first-order chi connectivity index (χ1) is 9.49. The fraction of sp³-hybridized carbons (Fsp3) is 0.0667. The third-order valence-electron chi connectivity index (χ3n) is 3.39. The molecule has 0 radical (unpaired) electrons. The highest BCUT2D eigenvalue weighted by atomic mass is 16.5. The predicted octanol–water partition coefficient (Wildman–Crippen LogP) is 1.98. The van der Waals surface area contributed by atoms with Crippen molar-refractivity contribution in [3.05, 3.63) is 63.9 Å². The van der Waals surface area contributed by atoms with E-state index in [0.717, 1.165) is 0 Å². The van der Waals surface area contributed by atoms with E-state index in [4.69, 9.17) is 5.73 Å². The number of benzene rings is 2. The monoisotopic (exact) mass is 267 g/mol. The second kappa shape index (κ2) is 4.18. The highest BCUT2D eigenvalue weighted by molar-refractivity contribution is 6.28. The number of hydrogen-bond acceptors (Lipinski definition) is 5. The third-order valence-corrected chi connectivity index (χ3v) is 3.39. The number of ketones is 2. The summed E-state index contributed by atoms with van der Waals surface area (Å²) < 4.78 is 0. The Morgan fingerprint density at radius 3 is 2.05 bits per heavy atom. The Morgan fingerprint density at radius 2 is 1.45 bits per heavy atom. The lowest BCUT2D eigenvalue weighted by Gasteiger charge is -2.26. The van der Waals surface area contributed by atoms with Gasteiger partial charge in [-0.1, -0.05) is 0 Å². The maximum absolute atomic E-state index is 12.4. The van der Waals surface area contributed by atoms with Crippen LogP contribution in [-0.4, -0.2) is 18.6 Å². The van der Waals surface area contributed by atoms with Crippen LogP contribution in [0.3, 0.4) is 0 Å². The van der Waals surface area contributed by atoms with E-state index in [1.165, 1.54) is 31.3 Å². The van der Waals surface area contributed by atoms with Gasteiger partial charge in [0.2, 0.25) is 0 Å². The van der Waals surface area contributed by atoms with Crippen molar-refractivity contribution in [3.63, 3.8) is 0 Å². The highest BCUT2D eigenvalue weighted by Crippen LogP contribution is 2.30. The molecule has 0 aliphatic heterocycles. The number of hydroxylamine groups is 1. The topological polar surface area (TPSA) is 86.5 Å². The first-order valence-corrected chi connectivity index (χ1v) is 6.03. The average Bonchev–Trinajstić information content (AvgIpc) is 2.44. The minimum Gasteiger partial charge on any atom is -0.758 e. The van der Waals surface area contributed by atoms with Crippen LogP contribution in [0.2, 0.25) is 0 Å². The summed E-state index contributed by atoms with van der Waals surface area (Å²) in [7, 11) is 1.34. The Balaban J connectivity index is 2.23. The maximum Gasteiger partial charge on any atom is 0.194 e. The zero-order valence-corrected chi connectivity index (χ0v) is 10.7. The molecule has 0 aromatic heterocycles. The van der Waals surface area contributed by atoms with Crippen LogP contribution < -0.4 is 10.8 Å².